The van der Waals surface area contributed by atoms with Gasteiger partial charge >= 0.3 is 0 Å². The minimum Gasteiger partial charge on any atom is -0.393 e. The summed E-state index contributed by atoms with van der Waals surface area (Å²) in [6.45, 7) is 2.80. The van der Waals surface area contributed by atoms with E-state index in [4.69, 9.17) is 0 Å². The summed E-state index contributed by atoms with van der Waals surface area (Å²) in [5.41, 5.74) is 0. The van der Waals surface area contributed by atoms with Gasteiger partial charge in [-0.1, -0.05) is 13.3 Å². The second kappa shape index (κ2) is 5.95. The van der Waals surface area contributed by atoms with E-state index in [0.717, 1.165) is 25.7 Å². The molecule has 0 unspecified atom stereocenters. The van der Waals surface area contributed by atoms with Crippen LogP contribution in [0.15, 0.2) is 0 Å². The molecule has 0 aliphatic heterocycles. The topological polar surface area (TPSA) is 69.6 Å². The summed E-state index contributed by atoms with van der Waals surface area (Å²) >= 11 is 0. The van der Waals surface area contributed by atoms with Crippen molar-refractivity contribution >= 4 is 10.2 Å². The first-order valence-corrected chi connectivity index (χ1v) is 7.30. The zero-order valence-corrected chi connectivity index (χ0v) is 10.8. The minimum absolute atomic E-state index is 0.0739. The number of aliphatic hydroxyl groups excluding tert-OH is 1. The van der Waals surface area contributed by atoms with Crippen LogP contribution in [-0.2, 0) is 10.2 Å². The van der Waals surface area contributed by atoms with Crippen molar-refractivity contribution in [2.24, 2.45) is 5.92 Å². The lowest BCUT2D eigenvalue weighted by Crippen LogP contribution is -2.41. The molecule has 1 rings (SSSR count). The fourth-order valence-corrected chi connectivity index (χ4v) is 3.08. The molecule has 0 amide bonds. The molecule has 0 heterocycles. The zero-order chi connectivity index (χ0) is 12.2. The SMILES string of the molecule is CCCN(C)S(=O)(=O)NC[C@H]1CCC[C@@H]1O. The largest absolute Gasteiger partial charge is 0.393 e. The van der Waals surface area contributed by atoms with Crippen LogP contribution in [0.4, 0.5) is 0 Å². The smallest absolute Gasteiger partial charge is 0.279 e. The van der Waals surface area contributed by atoms with Gasteiger partial charge in [0.2, 0.25) is 0 Å². The van der Waals surface area contributed by atoms with E-state index in [9.17, 15) is 13.5 Å². The van der Waals surface area contributed by atoms with Gasteiger partial charge in [0.25, 0.3) is 10.2 Å². The molecule has 1 aliphatic rings. The van der Waals surface area contributed by atoms with Crippen molar-refractivity contribution in [2.75, 3.05) is 20.1 Å². The second-order valence-electron chi connectivity index (χ2n) is 4.43. The van der Waals surface area contributed by atoms with Crippen molar-refractivity contribution in [3.05, 3.63) is 0 Å². The number of aliphatic hydroxyl groups is 1. The van der Waals surface area contributed by atoms with E-state index in [1.165, 1.54) is 4.31 Å². The number of hydrogen-bond donors (Lipinski definition) is 2. The van der Waals surface area contributed by atoms with E-state index >= 15 is 0 Å². The van der Waals surface area contributed by atoms with Crippen molar-refractivity contribution < 1.29 is 13.5 Å². The Morgan fingerprint density at radius 2 is 2.12 bits per heavy atom. The first-order chi connectivity index (χ1) is 7.47. The molecule has 1 fully saturated rings. The predicted molar refractivity (Wildman–Crippen MR) is 63.2 cm³/mol. The monoisotopic (exact) mass is 250 g/mol. The normalized spacial score (nSPS) is 26.5. The van der Waals surface area contributed by atoms with Crippen LogP contribution in [-0.4, -0.2) is 44.1 Å². The van der Waals surface area contributed by atoms with Gasteiger partial charge in [-0.2, -0.15) is 12.7 Å². The van der Waals surface area contributed by atoms with Crippen LogP contribution in [0.25, 0.3) is 0 Å². The Bertz CT molecular complexity index is 305. The van der Waals surface area contributed by atoms with Crippen molar-refractivity contribution in [3.63, 3.8) is 0 Å². The third-order valence-electron chi connectivity index (χ3n) is 3.10. The van der Waals surface area contributed by atoms with E-state index in [1.807, 2.05) is 6.92 Å². The average molecular weight is 250 g/mol. The Morgan fingerprint density at radius 3 is 2.62 bits per heavy atom. The van der Waals surface area contributed by atoms with Gasteiger partial charge in [0.1, 0.15) is 0 Å². The predicted octanol–water partition coefficient (Wildman–Crippen LogP) is 0.324. The molecular formula is C10H22N2O3S. The Morgan fingerprint density at radius 1 is 1.44 bits per heavy atom. The van der Waals surface area contributed by atoms with Crippen molar-refractivity contribution in [1.82, 2.24) is 9.03 Å². The maximum atomic E-state index is 11.7. The highest BCUT2D eigenvalue weighted by Gasteiger charge is 2.27. The summed E-state index contributed by atoms with van der Waals surface area (Å²) < 4.78 is 27.3. The van der Waals surface area contributed by atoms with Crippen LogP contribution < -0.4 is 4.72 Å². The standard InChI is InChI=1S/C10H22N2O3S/c1-3-7-12(2)16(14,15)11-8-9-5-4-6-10(9)13/h9-11,13H,3-8H2,1-2H3/t9-,10+/m1/s1. The lowest BCUT2D eigenvalue weighted by molar-refractivity contribution is 0.134. The van der Waals surface area contributed by atoms with Gasteiger partial charge in [0.15, 0.2) is 0 Å². The molecule has 6 heteroatoms. The zero-order valence-electron chi connectivity index (χ0n) is 10.0. The van der Waals surface area contributed by atoms with Crippen LogP contribution >= 0.6 is 0 Å². The van der Waals surface area contributed by atoms with E-state index in [0.29, 0.717) is 13.1 Å². The van der Waals surface area contributed by atoms with Gasteiger partial charge < -0.3 is 5.11 Å². The number of nitrogens with one attached hydrogen (secondary N) is 1. The highest BCUT2D eigenvalue weighted by atomic mass is 32.2. The van der Waals surface area contributed by atoms with Crippen LogP contribution in [0.5, 0.6) is 0 Å². The van der Waals surface area contributed by atoms with E-state index in [2.05, 4.69) is 4.72 Å². The number of rotatable bonds is 6. The van der Waals surface area contributed by atoms with Crippen LogP contribution in [0, 0.1) is 5.92 Å². The second-order valence-corrected chi connectivity index (χ2v) is 6.30. The molecule has 0 saturated heterocycles. The molecule has 2 N–H and O–H groups in total. The maximum absolute atomic E-state index is 11.7. The lowest BCUT2D eigenvalue weighted by atomic mass is 10.1. The Hall–Kier alpha value is -0.170. The molecule has 2 atom stereocenters. The van der Waals surface area contributed by atoms with Crippen molar-refractivity contribution in [2.45, 2.75) is 38.7 Å². The molecule has 1 aliphatic carbocycles. The van der Waals surface area contributed by atoms with Crippen molar-refractivity contribution in [3.8, 4) is 0 Å². The van der Waals surface area contributed by atoms with Gasteiger partial charge in [-0.25, -0.2) is 4.72 Å². The quantitative estimate of drug-likeness (QED) is 0.713. The average Bonchev–Trinajstić information content (AvgIpc) is 2.61. The van der Waals surface area contributed by atoms with E-state index in [-0.39, 0.29) is 12.0 Å². The maximum Gasteiger partial charge on any atom is 0.279 e. The fraction of sp³-hybridized carbons (Fsp3) is 1.00. The van der Waals surface area contributed by atoms with Gasteiger partial charge in [-0.3, -0.25) is 0 Å². The summed E-state index contributed by atoms with van der Waals surface area (Å²) in [7, 11) is -1.79. The number of nitrogens with zero attached hydrogens (tertiary/aromatic N) is 1. The molecule has 0 aromatic heterocycles. The number of hydrogen-bond acceptors (Lipinski definition) is 3. The van der Waals surface area contributed by atoms with Crippen molar-refractivity contribution in [1.29, 1.82) is 0 Å². The lowest BCUT2D eigenvalue weighted by Gasteiger charge is -2.20. The summed E-state index contributed by atoms with van der Waals surface area (Å²) in [4.78, 5) is 0. The van der Waals surface area contributed by atoms with Crippen LogP contribution in [0.1, 0.15) is 32.6 Å². The first-order valence-electron chi connectivity index (χ1n) is 5.86. The van der Waals surface area contributed by atoms with Crippen LogP contribution in [0.3, 0.4) is 0 Å². The summed E-state index contributed by atoms with van der Waals surface area (Å²) in [6, 6.07) is 0. The molecule has 0 aromatic rings. The van der Waals surface area contributed by atoms with Gasteiger partial charge in [-0.05, 0) is 25.2 Å². The molecule has 0 spiro atoms. The molecule has 16 heavy (non-hydrogen) atoms. The molecule has 0 bridgehead atoms. The summed E-state index contributed by atoms with van der Waals surface area (Å²) in [5.74, 6) is 0.0739. The molecule has 0 radical (unpaired) electrons. The highest BCUT2D eigenvalue weighted by molar-refractivity contribution is 7.87. The Labute approximate surface area is 98.0 Å². The molecule has 5 nitrogen and oxygen atoms in total. The highest BCUT2D eigenvalue weighted by Crippen LogP contribution is 2.24. The van der Waals surface area contributed by atoms with Crippen LogP contribution in [0.2, 0.25) is 0 Å². The summed E-state index contributed by atoms with van der Waals surface area (Å²) in [5, 5.41) is 9.58. The minimum atomic E-state index is -3.36. The molecule has 96 valence electrons. The third-order valence-corrected chi connectivity index (χ3v) is 4.63. The Kier molecular flexibility index (Phi) is 5.17. The molecular weight excluding hydrogens is 228 g/mol. The molecule has 0 aromatic carbocycles. The van der Waals surface area contributed by atoms with Gasteiger partial charge in [-0.15, -0.1) is 0 Å². The van der Waals surface area contributed by atoms with E-state index in [1.54, 1.807) is 7.05 Å². The van der Waals surface area contributed by atoms with Gasteiger partial charge in [0, 0.05) is 20.1 Å². The molecule has 1 saturated carbocycles. The van der Waals surface area contributed by atoms with E-state index < -0.39 is 10.2 Å². The third kappa shape index (κ3) is 3.69. The first kappa shape index (κ1) is 13.9. The summed E-state index contributed by atoms with van der Waals surface area (Å²) in [6.07, 6.45) is 3.12. The fourth-order valence-electron chi connectivity index (χ4n) is 2.01. The Balaban J connectivity index is 2.41. The van der Waals surface area contributed by atoms with Gasteiger partial charge in [0.05, 0.1) is 6.10 Å².